The second kappa shape index (κ2) is 10.6. The van der Waals surface area contributed by atoms with Gasteiger partial charge in [-0.15, -0.1) is 9.97 Å². The fourth-order valence-electron chi connectivity index (χ4n) is 5.68. The lowest BCUT2D eigenvalue weighted by Crippen LogP contribution is -2.63. The van der Waals surface area contributed by atoms with E-state index in [4.69, 9.17) is 27.3 Å². The van der Waals surface area contributed by atoms with Crippen molar-refractivity contribution in [2.24, 2.45) is 0 Å². The van der Waals surface area contributed by atoms with Crippen molar-refractivity contribution in [1.82, 2.24) is 24.3 Å². The third-order valence-corrected chi connectivity index (χ3v) is 8.09. The van der Waals surface area contributed by atoms with Crippen LogP contribution in [-0.2, 0) is 0 Å². The Morgan fingerprint density at radius 1 is 1.00 bits per heavy atom. The van der Waals surface area contributed by atoms with Crippen LogP contribution < -0.4 is 20.4 Å². The van der Waals surface area contributed by atoms with E-state index in [9.17, 15) is 0 Å². The standard InChI is InChI=1S/C25H40ClN8/c1-32(2)22-12-11-18(17-21(22)26)28-24-29-23(27)30-25(31-24)34(4,19-9-7-5-6-8-10-19)20-13-15-33(3)16-14-20/h11-12,17,19-20H,5-10,13-16H2,1-4H3,(H3,27,28,29,30,31)/q+1. The van der Waals surface area contributed by atoms with Crippen LogP contribution in [0, 0.1) is 0 Å². The molecule has 0 bridgehead atoms. The van der Waals surface area contributed by atoms with Gasteiger partial charge in [0.1, 0.15) is 0 Å². The van der Waals surface area contributed by atoms with Gasteiger partial charge < -0.3 is 20.9 Å². The number of rotatable bonds is 6. The van der Waals surface area contributed by atoms with E-state index in [0.29, 0.717) is 23.1 Å². The van der Waals surface area contributed by atoms with E-state index < -0.39 is 0 Å². The summed E-state index contributed by atoms with van der Waals surface area (Å²) >= 11 is 6.49. The van der Waals surface area contributed by atoms with Crippen LogP contribution in [0.5, 0.6) is 0 Å². The first-order valence-corrected chi connectivity index (χ1v) is 13.0. The number of nitrogen functional groups attached to an aromatic ring is 1. The monoisotopic (exact) mass is 487 g/mol. The topological polar surface area (TPSA) is 83.2 Å². The minimum atomic E-state index is 0.259. The minimum absolute atomic E-state index is 0.259. The number of piperidine rings is 1. The Kier molecular flexibility index (Phi) is 7.80. The minimum Gasteiger partial charge on any atom is -0.376 e. The lowest BCUT2D eigenvalue weighted by molar-refractivity contribution is 0.0961. The molecule has 34 heavy (non-hydrogen) atoms. The third kappa shape index (κ3) is 5.39. The van der Waals surface area contributed by atoms with E-state index in [1.807, 2.05) is 37.2 Å². The lowest BCUT2D eigenvalue weighted by Gasteiger charge is -2.47. The number of halogens is 1. The maximum atomic E-state index is 6.49. The van der Waals surface area contributed by atoms with E-state index in [-0.39, 0.29) is 5.95 Å². The van der Waals surface area contributed by atoms with Crippen LogP contribution in [0.4, 0.5) is 29.2 Å². The molecule has 1 aromatic carbocycles. The normalized spacial score (nSPS) is 20.5. The number of nitrogens with one attached hydrogen (secondary N) is 1. The van der Waals surface area contributed by atoms with Gasteiger partial charge in [-0.05, 0) is 50.9 Å². The summed E-state index contributed by atoms with van der Waals surface area (Å²) in [6, 6.07) is 6.84. The summed E-state index contributed by atoms with van der Waals surface area (Å²) in [7, 11) is 8.50. The predicted molar refractivity (Wildman–Crippen MR) is 143 cm³/mol. The molecule has 0 amide bonds. The van der Waals surface area contributed by atoms with E-state index in [2.05, 4.69) is 29.3 Å². The fraction of sp³-hybridized carbons (Fsp3) is 0.640. The molecule has 2 heterocycles. The highest BCUT2D eigenvalue weighted by atomic mass is 35.5. The summed E-state index contributed by atoms with van der Waals surface area (Å²) in [5.41, 5.74) is 8.05. The van der Waals surface area contributed by atoms with Crippen LogP contribution >= 0.6 is 11.6 Å². The molecule has 0 radical (unpaired) electrons. The average Bonchev–Trinajstić information content (AvgIpc) is 3.08. The Bertz CT molecular complexity index is 967. The number of quaternary nitrogens is 1. The van der Waals surface area contributed by atoms with Crippen molar-refractivity contribution in [3.8, 4) is 0 Å². The van der Waals surface area contributed by atoms with Gasteiger partial charge in [-0.25, -0.2) is 0 Å². The van der Waals surface area contributed by atoms with E-state index in [1.165, 1.54) is 38.5 Å². The maximum Gasteiger partial charge on any atom is 0.335 e. The van der Waals surface area contributed by atoms with Crippen molar-refractivity contribution in [3.63, 3.8) is 0 Å². The van der Waals surface area contributed by atoms with Crippen LogP contribution in [0.25, 0.3) is 0 Å². The highest BCUT2D eigenvalue weighted by Gasteiger charge is 2.45. The Morgan fingerprint density at radius 2 is 1.65 bits per heavy atom. The number of nitrogens with zero attached hydrogens (tertiary/aromatic N) is 6. The van der Waals surface area contributed by atoms with Crippen LogP contribution in [0.3, 0.4) is 0 Å². The first-order valence-electron chi connectivity index (χ1n) is 12.6. The zero-order valence-electron chi connectivity index (χ0n) is 21.1. The second-order valence-electron chi connectivity index (χ2n) is 10.3. The molecule has 1 aliphatic heterocycles. The summed E-state index contributed by atoms with van der Waals surface area (Å²) in [6.07, 6.45) is 9.87. The molecule has 2 aromatic rings. The molecule has 0 spiro atoms. The van der Waals surface area contributed by atoms with Gasteiger partial charge >= 0.3 is 5.95 Å². The summed E-state index contributed by atoms with van der Waals surface area (Å²) in [6.45, 7) is 2.21. The Balaban J connectivity index is 1.68. The van der Waals surface area contributed by atoms with Gasteiger partial charge in [-0.1, -0.05) is 24.4 Å². The first kappa shape index (κ1) is 24.9. The number of benzene rings is 1. The summed E-state index contributed by atoms with van der Waals surface area (Å²) in [5, 5.41) is 4.00. The maximum absolute atomic E-state index is 6.49. The van der Waals surface area contributed by atoms with Gasteiger partial charge in [0.05, 0.1) is 29.8 Å². The lowest BCUT2D eigenvalue weighted by atomic mass is 9.95. The molecule has 2 fully saturated rings. The third-order valence-electron chi connectivity index (χ3n) is 7.79. The summed E-state index contributed by atoms with van der Waals surface area (Å²) < 4.78 is 0.746. The van der Waals surface area contributed by atoms with Gasteiger partial charge in [0.2, 0.25) is 11.9 Å². The molecule has 8 nitrogen and oxygen atoms in total. The quantitative estimate of drug-likeness (QED) is 0.452. The van der Waals surface area contributed by atoms with Crippen molar-refractivity contribution < 1.29 is 0 Å². The van der Waals surface area contributed by atoms with Crippen molar-refractivity contribution in [1.29, 1.82) is 0 Å². The first-order chi connectivity index (χ1) is 16.3. The summed E-state index contributed by atoms with van der Waals surface area (Å²) in [4.78, 5) is 18.6. The van der Waals surface area contributed by atoms with Gasteiger partial charge in [0, 0.05) is 45.7 Å². The zero-order chi connectivity index (χ0) is 24.3. The molecule has 1 unspecified atom stereocenters. The smallest absolute Gasteiger partial charge is 0.335 e. The number of hydrogen-bond donors (Lipinski definition) is 2. The molecule has 4 rings (SSSR count). The zero-order valence-corrected chi connectivity index (χ0v) is 21.9. The predicted octanol–water partition coefficient (Wildman–Crippen LogP) is 4.67. The van der Waals surface area contributed by atoms with Crippen LogP contribution in [0.15, 0.2) is 18.2 Å². The number of anilines is 4. The van der Waals surface area contributed by atoms with Crippen LogP contribution in [0.1, 0.15) is 51.4 Å². The van der Waals surface area contributed by atoms with Crippen molar-refractivity contribution >= 4 is 40.8 Å². The molecule has 2 aliphatic rings. The number of aromatic nitrogens is 3. The number of hydrogen-bond acceptors (Lipinski definition) is 7. The fourth-order valence-corrected chi connectivity index (χ4v) is 6.03. The summed E-state index contributed by atoms with van der Waals surface area (Å²) in [5.74, 6) is 1.52. The van der Waals surface area contributed by atoms with Gasteiger partial charge in [-0.3, -0.25) is 4.48 Å². The second-order valence-corrected chi connectivity index (χ2v) is 10.7. The molecule has 186 valence electrons. The molecule has 3 N–H and O–H groups in total. The number of likely N-dealkylation sites (tertiary alicyclic amines) is 1. The van der Waals surface area contributed by atoms with Gasteiger partial charge in [0.15, 0.2) is 0 Å². The molecule has 1 aromatic heterocycles. The molecule has 1 saturated carbocycles. The Morgan fingerprint density at radius 3 is 2.26 bits per heavy atom. The SMILES string of the molecule is CN1CCC([N+](C)(c2nc(N)nc(Nc3ccc(N(C)C)c(Cl)c3)n2)C2CCCCCC2)CC1. The van der Waals surface area contributed by atoms with E-state index in [0.717, 1.165) is 47.7 Å². The highest BCUT2D eigenvalue weighted by Crippen LogP contribution is 2.37. The largest absolute Gasteiger partial charge is 0.376 e. The van der Waals surface area contributed by atoms with Crippen molar-refractivity contribution in [3.05, 3.63) is 23.2 Å². The van der Waals surface area contributed by atoms with Gasteiger partial charge in [0.25, 0.3) is 0 Å². The Labute approximate surface area is 209 Å². The number of nitrogens with two attached hydrogens (primary N) is 1. The van der Waals surface area contributed by atoms with Crippen LogP contribution in [-0.4, -0.2) is 73.2 Å². The molecule has 9 heteroatoms. The van der Waals surface area contributed by atoms with E-state index >= 15 is 0 Å². The highest BCUT2D eigenvalue weighted by molar-refractivity contribution is 6.33. The molecular weight excluding hydrogens is 448 g/mol. The average molecular weight is 488 g/mol. The van der Waals surface area contributed by atoms with Crippen molar-refractivity contribution in [2.75, 3.05) is 57.2 Å². The molecule has 1 atom stereocenters. The molecule has 1 saturated heterocycles. The Hall–Kier alpha value is -2.16. The molecular formula is C25H40ClN8+. The molecule has 1 aliphatic carbocycles. The van der Waals surface area contributed by atoms with E-state index in [1.54, 1.807) is 0 Å². The van der Waals surface area contributed by atoms with Crippen molar-refractivity contribution in [2.45, 2.75) is 63.5 Å². The van der Waals surface area contributed by atoms with Crippen LogP contribution in [0.2, 0.25) is 5.02 Å². The van der Waals surface area contributed by atoms with Gasteiger partial charge in [-0.2, -0.15) is 4.98 Å².